The quantitative estimate of drug-likeness (QED) is 0.707. The van der Waals surface area contributed by atoms with Crippen molar-refractivity contribution in [2.45, 2.75) is 15.8 Å². The molecular formula is C18H22Cl3FN2S. The zero-order chi connectivity index (χ0) is 16.1. The Morgan fingerprint density at radius 1 is 1.04 bits per heavy atom. The normalized spacial score (nSPS) is 15.8. The van der Waals surface area contributed by atoms with Crippen LogP contribution in [0, 0.1) is 0 Å². The van der Waals surface area contributed by atoms with Gasteiger partial charge in [-0.1, -0.05) is 41.6 Å². The Balaban J connectivity index is 0.00000156. The molecule has 1 aliphatic heterocycles. The molecular weight excluding hydrogens is 402 g/mol. The molecule has 0 spiro atoms. The van der Waals surface area contributed by atoms with Crippen LogP contribution in [-0.4, -0.2) is 37.8 Å². The third-order valence-electron chi connectivity index (χ3n) is 4.06. The molecule has 0 aromatic heterocycles. The molecule has 2 aromatic rings. The molecule has 0 bridgehead atoms. The lowest BCUT2D eigenvalue weighted by atomic mass is 10.1. The first-order valence-corrected chi connectivity index (χ1v) is 9.00. The number of alkyl halides is 1. The predicted molar refractivity (Wildman–Crippen MR) is 110 cm³/mol. The Labute approximate surface area is 170 Å². The first-order valence-electron chi connectivity index (χ1n) is 7.81. The number of piperazine rings is 1. The van der Waals surface area contributed by atoms with Crippen LogP contribution in [0.25, 0.3) is 0 Å². The van der Waals surface area contributed by atoms with E-state index in [9.17, 15) is 4.39 Å². The van der Waals surface area contributed by atoms with Crippen molar-refractivity contribution in [3.05, 3.63) is 59.1 Å². The second-order valence-electron chi connectivity index (χ2n) is 5.55. The minimum Gasteiger partial charge on any atom is -0.314 e. The maximum absolute atomic E-state index is 13.8. The predicted octanol–water partition coefficient (Wildman–Crippen LogP) is 5.25. The number of rotatable bonds is 5. The summed E-state index contributed by atoms with van der Waals surface area (Å²) in [5.74, 6) is 0. The summed E-state index contributed by atoms with van der Waals surface area (Å²) < 4.78 is 13.8. The SMILES string of the molecule is Cl.Cl.FC[C@@H](c1ccccc1Sc1ccc(Cl)cc1)N1CCNCC1. The topological polar surface area (TPSA) is 15.3 Å². The van der Waals surface area contributed by atoms with E-state index in [0.717, 1.165) is 46.6 Å². The number of benzene rings is 2. The number of nitrogens with zero attached hydrogens (tertiary/aromatic N) is 1. The van der Waals surface area contributed by atoms with E-state index in [1.54, 1.807) is 11.8 Å². The van der Waals surface area contributed by atoms with Gasteiger partial charge in [-0.15, -0.1) is 24.8 Å². The first kappa shape index (κ1) is 22.6. The van der Waals surface area contributed by atoms with Gasteiger partial charge in [0, 0.05) is 41.0 Å². The molecule has 0 aliphatic carbocycles. The van der Waals surface area contributed by atoms with Crippen LogP contribution in [0.5, 0.6) is 0 Å². The molecule has 1 fully saturated rings. The molecule has 1 atom stereocenters. The van der Waals surface area contributed by atoms with Gasteiger partial charge >= 0.3 is 0 Å². The van der Waals surface area contributed by atoms with Crippen molar-refractivity contribution in [3.8, 4) is 0 Å². The third kappa shape index (κ3) is 6.02. The van der Waals surface area contributed by atoms with Crippen LogP contribution in [-0.2, 0) is 0 Å². The molecule has 0 saturated carbocycles. The number of hydrogen-bond acceptors (Lipinski definition) is 3. The first-order chi connectivity index (χ1) is 11.3. The zero-order valence-electron chi connectivity index (χ0n) is 13.7. The van der Waals surface area contributed by atoms with Crippen molar-refractivity contribution >= 4 is 48.2 Å². The van der Waals surface area contributed by atoms with E-state index in [1.807, 2.05) is 42.5 Å². The second-order valence-corrected chi connectivity index (χ2v) is 7.10. The lowest BCUT2D eigenvalue weighted by Gasteiger charge is -2.34. The van der Waals surface area contributed by atoms with Gasteiger partial charge in [-0.3, -0.25) is 4.90 Å². The van der Waals surface area contributed by atoms with Crippen molar-refractivity contribution in [3.63, 3.8) is 0 Å². The van der Waals surface area contributed by atoms with Gasteiger partial charge in [0.05, 0.1) is 6.04 Å². The fraction of sp³-hybridized carbons (Fsp3) is 0.333. The Hall–Kier alpha value is -0.490. The summed E-state index contributed by atoms with van der Waals surface area (Å²) in [6.07, 6.45) is 0. The van der Waals surface area contributed by atoms with Crippen LogP contribution in [0.4, 0.5) is 4.39 Å². The summed E-state index contributed by atoms with van der Waals surface area (Å²) in [6.45, 7) is 3.24. The summed E-state index contributed by atoms with van der Waals surface area (Å²) in [7, 11) is 0. The van der Waals surface area contributed by atoms with Gasteiger partial charge in [-0.25, -0.2) is 4.39 Å². The highest BCUT2D eigenvalue weighted by Crippen LogP contribution is 2.36. The Bertz CT molecular complexity index is 636. The number of halogens is 4. The largest absolute Gasteiger partial charge is 0.314 e. The summed E-state index contributed by atoms with van der Waals surface area (Å²) in [4.78, 5) is 4.45. The molecule has 2 aromatic carbocycles. The number of nitrogens with one attached hydrogen (secondary N) is 1. The molecule has 0 radical (unpaired) electrons. The lowest BCUT2D eigenvalue weighted by molar-refractivity contribution is 0.146. The van der Waals surface area contributed by atoms with Crippen LogP contribution >= 0.6 is 48.2 Å². The van der Waals surface area contributed by atoms with Crippen LogP contribution in [0.2, 0.25) is 5.02 Å². The molecule has 1 N–H and O–H groups in total. The van der Waals surface area contributed by atoms with Crippen LogP contribution in [0.1, 0.15) is 11.6 Å². The van der Waals surface area contributed by atoms with Gasteiger partial charge < -0.3 is 5.32 Å². The van der Waals surface area contributed by atoms with E-state index in [4.69, 9.17) is 11.6 Å². The zero-order valence-corrected chi connectivity index (χ0v) is 16.9. The Morgan fingerprint density at radius 2 is 1.68 bits per heavy atom. The Kier molecular flexibility index (Phi) is 10.2. The molecule has 2 nitrogen and oxygen atoms in total. The molecule has 3 rings (SSSR count). The van der Waals surface area contributed by atoms with Gasteiger partial charge in [-0.05, 0) is 35.9 Å². The van der Waals surface area contributed by atoms with Crippen molar-refractivity contribution in [1.82, 2.24) is 10.2 Å². The summed E-state index contributed by atoms with van der Waals surface area (Å²) in [5, 5.41) is 4.05. The van der Waals surface area contributed by atoms with Crippen molar-refractivity contribution in [2.75, 3.05) is 32.9 Å². The standard InChI is InChI=1S/C18H20ClFN2S.2ClH/c19-14-5-7-15(8-6-14)23-18-4-2-1-3-16(18)17(13-20)22-11-9-21-10-12-22;;/h1-8,17,21H,9-13H2;2*1H/t17-;;/m0../s1. The highest BCUT2D eigenvalue weighted by molar-refractivity contribution is 7.99. The molecule has 25 heavy (non-hydrogen) atoms. The number of hydrogen-bond donors (Lipinski definition) is 1. The average molecular weight is 424 g/mol. The maximum atomic E-state index is 13.8. The minimum atomic E-state index is -0.363. The molecule has 0 unspecified atom stereocenters. The molecule has 0 amide bonds. The summed E-state index contributed by atoms with van der Waals surface area (Å²) >= 11 is 7.61. The van der Waals surface area contributed by atoms with E-state index < -0.39 is 0 Å². The monoisotopic (exact) mass is 422 g/mol. The fourth-order valence-electron chi connectivity index (χ4n) is 2.85. The molecule has 1 saturated heterocycles. The van der Waals surface area contributed by atoms with E-state index in [0.29, 0.717) is 0 Å². The Morgan fingerprint density at radius 3 is 2.32 bits per heavy atom. The summed E-state index contributed by atoms with van der Waals surface area (Å²) in [6, 6.07) is 15.7. The third-order valence-corrected chi connectivity index (χ3v) is 5.41. The van der Waals surface area contributed by atoms with Crippen molar-refractivity contribution in [2.24, 2.45) is 0 Å². The van der Waals surface area contributed by atoms with E-state index >= 15 is 0 Å². The smallest absolute Gasteiger partial charge is 0.109 e. The van der Waals surface area contributed by atoms with Gasteiger partial charge in [0.25, 0.3) is 0 Å². The van der Waals surface area contributed by atoms with Crippen LogP contribution < -0.4 is 5.32 Å². The van der Waals surface area contributed by atoms with E-state index in [1.165, 1.54) is 0 Å². The van der Waals surface area contributed by atoms with Gasteiger partial charge in [0.15, 0.2) is 0 Å². The van der Waals surface area contributed by atoms with Crippen molar-refractivity contribution < 1.29 is 4.39 Å². The molecule has 1 heterocycles. The molecule has 1 aliphatic rings. The lowest BCUT2D eigenvalue weighted by Crippen LogP contribution is -2.45. The molecule has 7 heteroatoms. The minimum absolute atomic E-state index is 0. The second kappa shape index (κ2) is 11.3. The average Bonchev–Trinajstić information content (AvgIpc) is 2.60. The van der Waals surface area contributed by atoms with Gasteiger partial charge in [0.2, 0.25) is 0 Å². The van der Waals surface area contributed by atoms with Crippen LogP contribution in [0.3, 0.4) is 0 Å². The van der Waals surface area contributed by atoms with E-state index in [-0.39, 0.29) is 37.5 Å². The highest BCUT2D eigenvalue weighted by atomic mass is 35.5. The maximum Gasteiger partial charge on any atom is 0.109 e. The highest BCUT2D eigenvalue weighted by Gasteiger charge is 2.24. The van der Waals surface area contributed by atoms with Gasteiger partial charge in [-0.2, -0.15) is 0 Å². The van der Waals surface area contributed by atoms with Gasteiger partial charge in [0.1, 0.15) is 6.67 Å². The summed E-state index contributed by atoms with van der Waals surface area (Å²) in [5.41, 5.74) is 1.07. The van der Waals surface area contributed by atoms with Crippen LogP contribution in [0.15, 0.2) is 58.3 Å². The van der Waals surface area contributed by atoms with Crippen molar-refractivity contribution in [1.29, 1.82) is 0 Å². The van der Waals surface area contributed by atoms with E-state index in [2.05, 4.69) is 16.3 Å². The fourth-order valence-corrected chi connectivity index (χ4v) is 3.97. The molecule has 138 valence electrons.